The first-order valence-electron chi connectivity index (χ1n) is 11.0. The SMILES string of the molecule is C=C\C(C)=C/C(=C\C)C(/C)=C/C=c1/[nH]nc(-c2cc3c(-c4cccc(F)c4)cncc3[nH]2)c1=C. The monoisotopic (exact) mass is 450 g/mol. The number of nitrogens with zero attached hydrogens (tertiary/aromatic N) is 2. The lowest BCUT2D eigenvalue weighted by molar-refractivity contribution is 0.628. The van der Waals surface area contributed by atoms with Gasteiger partial charge >= 0.3 is 0 Å². The summed E-state index contributed by atoms with van der Waals surface area (Å²) in [6.45, 7) is 14.2. The summed E-state index contributed by atoms with van der Waals surface area (Å²) in [7, 11) is 0. The highest BCUT2D eigenvalue weighted by Crippen LogP contribution is 2.30. The molecule has 0 aliphatic carbocycles. The van der Waals surface area contributed by atoms with E-state index in [1.165, 1.54) is 12.1 Å². The van der Waals surface area contributed by atoms with E-state index in [-0.39, 0.29) is 5.82 Å². The van der Waals surface area contributed by atoms with Gasteiger partial charge in [-0.1, -0.05) is 55.2 Å². The highest BCUT2D eigenvalue weighted by molar-refractivity contribution is 5.97. The molecule has 0 saturated heterocycles. The molecule has 4 aromatic rings. The van der Waals surface area contributed by atoms with Crippen LogP contribution in [0.3, 0.4) is 0 Å². The van der Waals surface area contributed by atoms with Crippen molar-refractivity contribution >= 4 is 23.6 Å². The Morgan fingerprint density at radius 1 is 1.15 bits per heavy atom. The van der Waals surface area contributed by atoms with Crippen LogP contribution in [0.1, 0.15) is 20.8 Å². The van der Waals surface area contributed by atoms with Crippen LogP contribution in [0, 0.1) is 5.82 Å². The van der Waals surface area contributed by atoms with Crippen LogP contribution in [0.25, 0.3) is 46.1 Å². The number of rotatable bonds is 6. The number of hydrogen-bond acceptors (Lipinski definition) is 2. The van der Waals surface area contributed by atoms with Crippen molar-refractivity contribution in [2.24, 2.45) is 0 Å². The summed E-state index contributed by atoms with van der Waals surface area (Å²) in [5, 5.41) is 10.2. The van der Waals surface area contributed by atoms with E-state index >= 15 is 0 Å². The number of hydrogen-bond donors (Lipinski definition) is 2. The van der Waals surface area contributed by atoms with Crippen LogP contribution < -0.4 is 10.6 Å². The van der Waals surface area contributed by atoms with Gasteiger partial charge < -0.3 is 4.98 Å². The van der Waals surface area contributed by atoms with E-state index in [4.69, 9.17) is 0 Å². The van der Waals surface area contributed by atoms with Crippen molar-refractivity contribution in [3.63, 3.8) is 0 Å². The van der Waals surface area contributed by atoms with Crippen LogP contribution in [-0.2, 0) is 0 Å². The highest BCUT2D eigenvalue weighted by atomic mass is 19.1. The third-order valence-electron chi connectivity index (χ3n) is 5.81. The molecule has 170 valence electrons. The standard InChI is InChI=1S/C29H27FN4/c1-6-18(3)13-21(7-2)19(4)11-12-26-20(5)29(34-33-26)27-15-24-25(16-31-17-28(24)32-27)22-9-8-10-23(30)14-22/h6-17,32-33H,1,5H2,2-4H3/b18-13-,19-11+,21-7+,26-12+. The molecule has 0 saturated carbocycles. The van der Waals surface area contributed by atoms with Crippen LogP contribution in [0.5, 0.6) is 0 Å². The molecule has 0 bridgehead atoms. The molecule has 0 atom stereocenters. The van der Waals surface area contributed by atoms with E-state index in [0.717, 1.165) is 60.7 Å². The first kappa shape index (κ1) is 22.9. The maximum Gasteiger partial charge on any atom is 0.123 e. The Labute approximate surface area is 198 Å². The van der Waals surface area contributed by atoms with Gasteiger partial charge in [-0.05, 0) is 61.8 Å². The molecule has 0 aliphatic rings. The number of fused-ring (bicyclic) bond motifs is 1. The van der Waals surface area contributed by atoms with Crippen molar-refractivity contribution in [2.75, 3.05) is 0 Å². The number of halogens is 1. The molecule has 0 radical (unpaired) electrons. The zero-order valence-corrected chi connectivity index (χ0v) is 19.6. The molecule has 3 aromatic heterocycles. The van der Waals surface area contributed by atoms with E-state index in [1.807, 2.05) is 44.2 Å². The predicted octanol–water partition coefficient (Wildman–Crippen LogP) is 5.97. The molecule has 1 aromatic carbocycles. The number of H-pyrrole nitrogens is 2. The lowest BCUT2D eigenvalue weighted by Crippen LogP contribution is -2.21. The van der Waals surface area contributed by atoms with Crippen LogP contribution in [0.15, 0.2) is 90.3 Å². The average Bonchev–Trinajstić information content (AvgIpc) is 3.43. The Morgan fingerprint density at radius 3 is 2.71 bits per heavy atom. The van der Waals surface area contributed by atoms with E-state index in [1.54, 1.807) is 18.5 Å². The van der Waals surface area contributed by atoms with Crippen LogP contribution in [0.2, 0.25) is 0 Å². The van der Waals surface area contributed by atoms with Crippen molar-refractivity contribution in [3.05, 3.63) is 107 Å². The smallest absolute Gasteiger partial charge is 0.123 e. The fourth-order valence-corrected chi connectivity index (χ4v) is 3.84. The summed E-state index contributed by atoms with van der Waals surface area (Å²) < 4.78 is 13.8. The molecule has 0 unspecified atom stereocenters. The molecule has 4 rings (SSSR count). The van der Waals surface area contributed by atoms with Gasteiger partial charge in [-0.2, -0.15) is 5.10 Å². The summed E-state index contributed by atoms with van der Waals surface area (Å²) in [6.07, 6.45) is 13.6. The third-order valence-corrected chi connectivity index (χ3v) is 5.81. The Balaban J connectivity index is 1.73. The summed E-state index contributed by atoms with van der Waals surface area (Å²) in [4.78, 5) is 7.70. The Kier molecular flexibility index (Phi) is 6.55. The number of nitrogens with one attached hydrogen (secondary N) is 2. The van der Waals surface area contributed by atoms with E-state index in [0.29, 0.717) is 0 Å². The van der Waals surface area contributed by atoms with Gasteiger partial charge in [0.2, 0.25) is 0 Å². The molecule has 3 heterocycles. The lowest BCUT2D eigenvalue weighted by Gasteiger charge is -2.02. The molecule has 4 nitrogen and oxygen atoms in total. The van der Waals surface area contributed by atoms with Crippen molar-refractivity contribution in [3.8, 4) is 22.5 Å². The number of allylic oxidation sites excluding steroid dienone is 7. The number of aromatic amines is 2. The minimum Gasteiger partial charge on any atom is -0.352 e. The molecule has 5 heteroatoms. The van der Waals surface area contributed by atoms with Gasteiger partial charge in [0.25, 0.3) is 0 Å². The lowest BCUT2D eigenvalue weighted by atomic mass is 10.0. The molecule has 0 amide bonds. The number of benzene rings is 1. The molecule has 0 spiro atoms. The minimum absolute atomic E-state index is 0.280. The molecule has 0 fully saturated rings. The molecule has 2 N–H and O–H groups in total. The fourth-order valence-electron chi connectivity index (χ4n) is 3.84. The van der Waals surface area contributed by atoms with E-state index in [9.17, 15) is 4.39 Å². The summed E-state index contributed by atoms with van der Waals surface area (Å²) >= 11 is 0. The Morgan fingerprint density at radius 2 is 1.97 bits per heavy atom. The van der Waals surface area contributed by atoms with Gasteiger partial charge in [0.05, 0.1) is 22.8 Å². The third kappa shape index (κ3) is 4.59. The molecular weight excluding hydrogens is 423 g/mol. The van der Waals surface area contributed by atoms with Crippen LogP contribution >= 0.6 is 0 Å². The number of aromatic nitrogens is 4. The highest BCUT2D eigenvalue weighted by Gasteiger charge is 2.12. The minimum atomic E-state index is -0.280. The molecular formula is C29H27FN4. The van der Waals surface area contributed by atoms with E-state index in [2.05, 4.69) is 52.4 Å². The molecule has 34 heavy (non-hydrogen) atoms. The van der Waals surface area contributed by atoms with Crippen molar-refractivity contribution < 1.29 is 4.39 Å². The van der Waals surface area contributed by atoms with Crippen LogP contribution in [0.4, 0.5) is 4.39 Å². The van der Waals surface area contributed by atoms with Crippen LogP contribution in [-0.4, -0.2) is 20.2 Å². The maximum atomic E-state index is 13.8. The molecule has 0 aliphatic heterocycles. The second-order valence-corrected chi connectivity index (χ2v) is 8.16. The first-order chi connectivity index (χ1) is 16.4. The zero-order valence-electron chi connectivity index (χ0n) is 19.6. The zero-order chi connectivity index (χ0) is 24.2. The van der Waals surface area contributed by atoms with Gasteiger partial charge in [0.1, 0.15) is 11.5 Å². The topological polar surface area (TPSA) is 57.4 Å². The van der Waals surface area contributed by atoms with Crippen molar-refractivity contribution in [1.82, 2.24) is 20.2 Å². The fraction of sp³-hybridized carbons (Fsp3) is 0.103. The number of pyridine rings is 1. The predicted molar refractivity (Wildman–Crippen MR) is 140 cm³/mol. The first-order valence-corrected chi connectivity index (χ1v) is 11.0. The second kappa shape index (κ2) is 9.71. The van der Waals surface area contributed by atoms with Gasteiger partial charge in [-0.15, -0.1) is 0 Å². The van der Waals surface area contributed by atoms with Gasteiger partial charge in [0, 0.05) is 22.4 Å². The van der Waals surface area contributed by atoms with Crippen molar-refractivity contribution in [2.45, 2.75) is 20.8 Å². The van der Waals surface area contributed by atoms with Gasteiger partial charge in [-0.25, -0.2) is 4.39 Å². The summed E-state index contributed by atoms with van der Waals surface area (Å²) in [6, 6.07) is 8.53. The van der Waals surface area contributed by atoms with Gasteiger partial charge in [-0.3, -0.25) is 10.1 Å². The van der Waals surface area contributed by atoms with Crippen molar-refractivity contribution in [1.29, 1.82) is 0 Å². The Hall–Kier alpha value is -4.25. The quantitative estimate of drug-likeness (QED) is 0.355. The average molecular weight is 451 g/mol. The summed E-state index contributed by atoms with van der Waals surface area (Å²) in [5.74, 6) is -0.280. The summed E-state index contributed by atoms with van der Waals surface area (Å²) in [5.41, 5.74) is 7.38. The second-order valence-electron chi connectivity index (χ2n) is 8.16. The van der Waals surface area contributed by atoms with E-state index < -0.39 is 0 Å². The van der Waals surface area contributed by atoms with Gasteiger partial charge in [0.15, 0.2) is 0 Å². The maximum absolute atomic E-state index is 13.8. The largest absolute Gasteiger partial charge is 0.352 e. The Bertz CT molecular complexity index is 1580. The normalized spacial score (nSPS) is 13.6.